The molecule has 3 N–H and O–H groups in total. The second kappa shape index (κ2) is 5.46. The topological polar surface area (TPSA) is 88.3 Å². The smallest absolute Gasteiger partial charge is 0.264 e. The lowest BCUT2D eigenvalue weighted by Gasteiger charge is -2.17. The molecular weight excluding hydrogens is 276 g/mol. The molecule has 0 spiro atoms. The number of aromatic nitrogens is 1. The van der Waals surface area contributed by atoms with E-state index in [9.17, 15) is 9.59 Å². The molecule has 7 heteroatoms. The Bertz CT molecular complexity index is 665. The first-order chi connectivity index (χ1) is 9.41. The van der Waals surface area contributed by atoms with E-state index in [1.165, 1.54) is 16.2 Å². The van der Waals surface area contributed by atoms with E-state index in [1.54, 1.807) is 39.5 Å². The Morgan fingerprint density at radius 3 is 2.75 bits per heavy atom. The molecule has 0 aliphatic carbocycles. The standard InChI is InChI=1S/C13H16N4O2S/c1-7(13(19)17(2)3)16-12(18)11-10(14)8-4-5-15-6-9(8)20-11/h4-7H,14H2,1-3H3,(H,16,18). The van der Waals surface area contributed by atoms with Crippen molar-refractivity contribution < 1.29 is 9.59 Å². The van der Waals surface area contributed by atoms with Crippen LogP contribution in [0.2, 0.25) is 0 Å². The van der Waals surface area contributed by atoms with Crippen LogP contribution in [0.5, 0.6) is 0 Å². The number of amides is 2. The van der Waals surface area contributed by atoms with Gasteiger partial charge >= 0.3 is 0 Å². The first kappa shape index (κ1) is 14.3. The summed E-state index contributed by atoms with van der Waals surface area (Å²) in [5.74, 6) is -0.508. The quantitative estimate of drug-likeness (QED) is 0.886. The third kappa shape index (κ3) is 2.57. The maximum atomic E-state index is 12.2. The normalized spacial score (nSPS) is 12.2. The number of pyridine rings is 1. The highest BCUT2D eigenvalue weighted by Gasteiger charge is 2.21. The van der Waals surface area contributed by atoms with Gasteiger partial charge in [-0.2, -0.15) is 0 Å². The molecule has 0 radical (unpaired) electrons. The average molecular weight is 292 g/mol. The third-order valence-corrected chi connectivity index (χ3v) is 4.05. The van der Waals surface area contributed by atoms with E-state index in [2.05, 4.69) is 10.3 Å². The predicted molar refractivity (Wildman–Crippen MR) is 79.7 cm³/mol. The van der Waals surface area contributed by atoms with Gasteiger partial charge in [0, 0.05) is 31.9 Å². The monoisotopic (exact) mass is 292 g/mol. The summed E-state index contributed by atoms with van der Waals surface area (Å²) in [4.78, 5) is 29.8. The predicted octanol–water partition coefficient (Wildman–Crippen LogP) is 1.09. The fourth-order valence-electron chi connectivity index (χ4n) is 1.85. The number of carbonyl (C=O) groups excluding carboxylic acids is 2. The molecule has 0 fully saturated rings. The zero-order valence-electron chi connectivity index (χ0n) is 11.5. The number of fused-ring (bicyclic) bond motifs is 1. The molecular formula is C13H16N4O2S. The highest BCUT2D eigenvalue weighted by atomic mass is 32.1. The lowest BCUT2D eigenvalue weighted by Crippen LogP contribution is -2.44. The summed E-state index contributed by atoms with van der Waals surface area (Å²) >= 11 is 1.27. The first-order valence-electron chi connectivity index (χ1n) is 6.05. The molecule has 2 aromatic rings. The van der Waals surface area contributed by atoms with Crippen molar-refractivity contribution in [2.45, 2.75) is 13.0 Å². The minimum absolute atomic E-state index is 0.167. The summed E-state index contributed by atoms with van der Waals surface area (Å²) in [7, 11) is 3.29. The van der Waals surface area contributed by atoms with Crippen LogP contribution in [-0.2, 0) is 4.79 Å². The van der Waals surface area contributed by atoms with E-state index >= 15 is 0 Å². The minimum atomic E-state index is -0.597. The van der Waals surface area contributed by atoms with Crippen LogP contribution >= 0.6 is 11.3 Å². The molecule has 2 aromatic heterocycles. The Morgan fingerprint density at radius 1 is 1.45 bits per heavy atom. The van der Waals surface area contributed by atoms with Crippen LogP contribution in [0, 0.1) is 0 Å². The van der Waals surface area contributed by atoms with E-state index in [-0.39, 0.29) is 11.8 Å². The van der Waals surface area contributed by atoms with Gasteiger partial charge in [0.15, 0.2) is 0 Å². The summed E-state index contributed by atoms with van der Waals surface area (Å²) in [5.41, 5.74) is 6.40. The van der Waals surface area contributed by atoms with Crippen molar-refractivity contribution in [2.75, 3.05) is 19.8 Å². The Hall–Kier alpha value is -2.15. The Morgan fingerprint density at radius 2 is 2.15 bits per heavy atom. The third-order valence-electron chi connectivity index (χ3n) is 2.90. The highest BCUT2D eigenvalue weighted by Crippen LogP contribution is 2.32. The highest BCUT2D eigenvalue weighted by molar-refractivity contribution is 7.21. The number of carbonyl (C=O) groups is 2. The number of nitrogen functional groups attached to an aromatic ring is 1. The van der Waals surface area contributed by atoms with Gasteiger partial charge in [-0.05, 0) is 13.0 Å². The Kier molecular flexibility index (Phi) is 3.89. The molecule has 0 saturated carbocycles. The van der Waals surface area contributed by atoms with Gasteiger partial charge in [-0.15, -0.1) is 11.3 Å². The van der Waals surface area contributed by atoms with Crippen molar-refractivity contribution in [2.24, 2.45) is 0 Å². The van der Waals surface area contributed by atoms with Crippen LogP contribution < -0.4 is 11.1 Å². The van der Waals surface area contributed by atoms with Crippen molar-refractivity contribution in [3.63, 3.8) is 0 Å². The molecule has 0 bridgehead atoms. The van der Waals surface area contributed by atoms with Crippen molar-refractivity contribution in [3.05, 3.63) is 23.3 Å². The van der Waals surface area contributed by atoms with Crippen LogP contribution in [0.1, 0.15) is 16.6 Å². The van der Waals surface area contributed by atoms with Gasteiger partial charge in [0.1, 0.15) is 10.9 Å². The Labute approximate surface area is 120 Å². The fraction of sp³-hybridized carbons (Fsp3) is 0.308. The van der Waals surface area contributed by atoms with E-state index in [1.807, 2.05) is 0 Å². The molecule has 6 nitrogen and oxygen atoms in total. The zero-order valence-corrected chi connectivity index (χ0v) is 12.3. The zero-order chi connectivity index (χ0) is 14.9. The van der Waals surface area contributed by atoms with Crippen LogP contribution in [-0.4, -0.2) is 41.8 Å². The Balaban J connectivity index is 2.24. The van der Waals surface area contributed by atoms with E-state index < -0.39 is 6.04 Å². The molecule has 1 atom stereocenters. The minimum Gasteiger partial charge on any atom is -0.397 e. The SMILES string of the molecule is CC(NC(=O)c1sc2cnccc2c1N)C(=O)N(C)C. The van der Waals surface area contributed by atoms with Crippen LogP contribution in [0.3, 0.4) is 0 Å². The summed E-state index contributed by atoms with van der Waals surface area (Å²) in [6.45, 7) is 1.64. The molecule has 0 saturated heterocycles. The van der Waals surface area contributed by atoms with Gasteiger partial charge < -0.3 is 16.0 Å². The van der Waals surface area contributed by atoms with Gasteiger partial charge in [0.2, 0.25) is 5.91 Å². The van der Waals surface area contributed by atoms with Crippen molar-refractivity contribution in [1.82, 2.24) is 15.2 Å². The number of nitrogens with one attached hydrogen (secondary N) is 1. The van der Waals surface area contributed by atoms with Crippen molar-refractivity contribution in [3.8, 4) is 0 Å². The van der Waals surface area contributed by atoms with Gasteiger partial charge in [0.25, 0.3) is 5.91 Å². The summed E-state index contributed by atoms with van der Waals surface area (Å²) in [6, 6.07) is 1.17. The molecule has 1 unspecified atom stereocenters. The molecule has 2 rings (SSSR count). The lowest BCUT2D eigenvalue weighted by atomic mass is 10.2. The number of rotatable bonds is 3. The number of nitrogens with two attached hydrogens (primary N) is 1. The molecule has 2 heterocycles. The summed E-state index contributed by atoms with van der Waals surface area (Å²) in [6.07, 6.45) is 3.30. The van der Waals surface area contributed by atoms with Crippen LogP contribution in [0.4, 0.5) is 5.69 Å². The largest absolute Gasteiger partial charge is 0.397 e. The van der Waals surface area contributed by atoms with Gasteiger partial charge in [-0.1, -0.05) is 0 Å². The summed E-state index contributed by atoms with van der Waals surface area (Å²) < 4.78 is 0.849. The average Bonchev–Trinajstić information content (AvgIpc) is 2.75. The maximum absolute atomic E-state index is 12.2. The number of likely N-dealkylation sites (N-methyl/N-ethyl adjacent to an activating group) is 1. The molecule has 20 heavy (non-hydrogen) atoms. The van der Waals surface area contributed by atoms with Gasteiger partial charge in [-0.25, -0.2) is 0 Å². The number of hydrogen-bond donors (Lipinski definition) is 2. The van der Waals surface area contributed by atoms with Crippen molar-refractivity contribution in [1.29, 1.82) is 0 Å². The second-order valence-corrected chi connectivity index (χ2v) is 5.70. The van der Waals surface area contributed by atoms with Gasteiger partial charge in [-0.3, -0.25) is 14.6 Å². The van der Waals surface area contributed by atoms with E-state index in [0.717, 1.165) is 10.1 Å². The lowest BCUT2D eigenvalue weighted by molar-refractivity contribution is -0.130. The molecule has 0 aliphatic heterocycles. The van der Waals surface area contributed by atoms with E-state index in [4.69, 9.17) is 5.73 Å². The second-order valence-electron chi connectivity index (χ2n) is 4.64. The van der Waals surface area contributed by atoms with Crippen LogP contribution in [0.15, 0.2) is 18.5 Å². The fourth-order valence-corrected chi connectivity index (χ4v) is 2.84. The maximum Gasteiger partial charge on any atom is 0.264 e. The molecule has 2 amide bonds. The van der Waals surface area contributed by atoms with Gasteiger partial charge in [0.05, 0.1) is 10.4 Å². The molecule has 106 valence electrons. The van der Waals surface area contributed by atoms with E-state index in [0.29, 0.717) is 10.6 Å². The first-order valence-corrected chi connectivity index (χ1v) is 6.87. The van der Waals surface area contributed by atoms with Crippen LogP contribution in [0.25, 0.3) is 10.1 Å². The molecule has 0 aliphatic rings. The summed E-state index contributed by atoms with van der Waals surface area (Å²) in [5, 5.41) is 3.47. The van der Waals surface area contributed by atoms with Crippen molar-refractivity contribution >= 4 is 38.9 Å². The number of nitrogens with zero attached hydrogens (tertiary/aromatic N) is 2. The molecule has 0 aromatic carbocycles. The number of thiophene rings is 1. The number of anilines is 1. The number of hydrogen-bond acceptors (Lipinski definition) is 5.